The Kier molecular flexibility index (Phi) is 7.52. The van der Waals surface area contributed by atoms with Gasteiger partial charge >= 0.3 is 18.5 Å². The molecule has 1 N–H and O–H groups in total. The van der Waals surface area contributed by atoms with E-state index in [2.05, 4.69) is 30.5 Å². The van der Waals surface area contributed by atoms with Crippen LogP contribution in [0.2, 0.25) is 0 Å². The molecular weight excluding hydrogens is 530 g/mol. The van der Waals surface area contributed by atoms with E-state index >= 15 is 0 Å². The Hall–Kier alpha value is -3.44. The Balaban J connectivity index is 1.81. The highest BCUT2D eigenvalue weighted by atomic mass is 19.4. The van der Waals surface area contributed by atoms with Crippen LogP contribution in [0.25, 0.3) is 11.0 Å². The van der Waals surface area contributed by atoms with E-state index in [1.807, 2.05) is 4.57 Å². The van der Waals surface area contributed by atoms with Crippen molar-refractivity contribution in [1.29, 1.82) is 0 Å². The number of alkyl halides is 6. The van der Waals surface area contributed by atoms with Gasteiger partial charge in [-0.05, 0) is 54.4 Å². The van der Waals surface area contributed by atoms with E-state index in [-0.39, 0.29) is 29.1 Å². The van der Waals surface area contributed by atoms with Crippen LogP contribution in [0.3, 0.4) is 0 Å². The van der Waals surface area contributed by atoms with Crippen LogP contribution in [-0.2, 0) is 6.42 Å². The number of ether oxygens (including phenoxy) is 2. The Morgan fingerprint density at radius 2 is 1.77 bits per heavy atom. The van der Waals surface area contributed by atoms with Gasteiger partial charge in [0.15, 0.2) is 6.61 Å². The summed E-state index contributed by atoms with van der Waals surface area (Å²) in [6.45, 7) is 4.73. The number of nitrogens with zero attached hydrogens (tertiary/aromatic N) is 2. The van der Waals surface area contributed by atoms with Crippen molar-refractivity contribution in [1.82, 2.24) is 9.55 Å². The van der Waals surface area contributed by atoms with Crippen molar-refractivity contribution in [3.05, 3.63) is 53.3 Å². The van der Waals surface area contributed by atoms with Crippen molar-refractivity contribution in [2.45, 2.75) is 65.0 Å². The van der Waals surface area contributed by atoms with E-state index in [9.17, 15) is 36.2 Å². The van der Waals surface area contributed by atoms with Gasteiger partial charge in [-0.15, -0.1) is 13.2 Å². The third-order valence-corrected chi connectivity index (χ3v) is 6.73. The molecule has 2 atom stereocenters. The Morgan fingerprint density at radius 1 is 1.10 bits per heavy atom. The molecule has 0 unspecified atom stereocenters. The maximum absolute atomic E-state index is 12.9. The molecule has 12 heteroatoms. The fourth-order valence-corrected chi connectivity index (χ4v) is 5.63. The summed E-state index contributed by atoms with van der Waals surface area (Å²) >= 11 is 0. The number of hydrogen-bond acceptors (Lipinski definition) is 4. The highest BCUT2D eigenvalue weighted by Gasteiger charge is 2.36. The molecule has 39 heavy (non-hydrogen) atoms. The molecule has 2 aromatic carbocycles. The lowest BCUT2D eigenvalue weighted by molar-refractivity contribution is -0.274. The maximum atomic E-state index is 12.9. The fourth-order valence-electron chi connectivity index (χ4n) is 5.63. The van der Waals surface area contributed by atoms with Crippen molar-refractivity contribution < 1.29 is 45.7 Å². The molecule has 0 aliphatic heterocycles. The quantitative estimate of drug-likeness (QED) is 0.303. The predicted octanol–water partition coefficient (Wildman–Crippen LogP) is 7.55. The van der Waals surface area contributed by atoms with Crippen LogP contribution in [0.1, 0.15) is 67.8 Å². The molecule has 1 aliphatic carbocycles. The van der Waals surface area contributed by atoms with Gasteiger partial charge < -0.3 is 19.1 Å². The van der Waals surface area contributed by atoms with E-state index < -0.39 is 36.4 Å². The molecule has 0 bridgehead atoms. The lowest BCUT2D eigenvalue weighted by Crippen LogP contribution is -2.30. The van der Waals surface area contributed by atoms with Crippen LogP contribution in [0.4, 0.5) is 26.3 Å². The molecule has 0 radical (unpaired) electrons. The first-order valence-electron chi connectivity index (χ1n) is 12.3. The van der Waals surface area contributed by atoms with Gasteiger partial charge in [0, 0.05) is 18.5 Å². The van der Waals surface area contributed by atoms with E-state index in [0.29, 0.717) is 22.8 Å². The minimum absolute atomic E-state index is 0.0383. The SMILES string of the molecule is C[C@@H]1C[C@H](n2c(Cc3ccc(OC(F)(F)F)cc3)nc3cc(C(=O)O)c(OCC(F)(F)F)cc32)CC(C)(C)C1. The van der Waals surface area contributed by atoms with Crippen LogP contribution in [0.15, 0.2) is 36.4 Å². The Bertz CT molecular complexity index is 1350. The van der Waals surface area contributed by atoms with Gasteiger partial charge in [-0.25, -0.2) is 9.78 Å². The lowest BCUT2D eigenvalue weighted by Gasteiger charge is -2.40. The molecule has 0 spiro atoms. The van der Waals surface area contributed by atoms with Gasteiger partial charge in [-0.1, -0.05) is 32.9 Å². The van der Waals surface area contributed by atoms with Crippen LogP contribution in [0.5, 0.6) is 11.5 Å². The van der Waals surface area contributed by atoms with E-state index in [1.165, 1.54) is 36.4 Å². The van der Waals surface area contributed by atoms with Gasteiger partial charge in [0.05, 0.1) is 11.0 Å². The highest BCUT2D eigenvalue weighted by molar-refractivity contribution is 5.96. The smallest absolute Gasteiger partial charge is 0.483 e. The number of hydrogen-bond donors (Lipinski definition) is 1. The zero-order chi connectivity index (χ0) is 28.8. The maximum Gasteiger partial charge on any atom is 0.573 e. The zero-order valence-corrected chi connectivity index (χ0v) is 21.5. The van der Waals surface area contributed by atoms with Crippen molar-refractivity contribution in [2.75, 3.05) is 6.61 Å². The van der Waals surface area contributed by atoms with Crippen LogP contribution in [0, 0.1) is 11.3 Å². The van der Waals surface area contributed by atoms with Gasteiger partial charge in [0.2, 0.25) is 0 Å². The normalized spacial score (nSPS) is 19.7. The Morgan fingerprint density at radius 3 is 2.33 bits per heavy atom. The molecular formula is C27H28F6N2O4. The molecule has 4 rings (SSSR count). The standard InChI is InChI=1S/C27H28F6N2O4/c1-15-8-17(13-25(2,3)12-15)35-21-11-22(38-14-26(28,29)30)19(24(36)37)10-20(21)34-23(35)9-16-4-6-18(7-5-16)39-27(31,32)33/h4-7,10-11,15,17H,8-9,12-14H2,1-3H3,(H,36,37)/t15-,17+/m1/s1. The number of aromatic carboxylic acids is 1. The predicted molar refractivity (Wildman–Crippen MR) is 130 cm³/mol. The average Bonchev–Trinajstić information content (AvgIpc) is 3.12. The number of halogens is 6. The number of benzene rings is 2. The molecule has 0 amide bonds. The van der Waals surface area contributed by atoms with E-state index in [1.54, 1.807) is 0 Å². The lowest BCUT2D eigenvalue weighted by atomic mass is 9.70. The van der Waals surface area contributed by atoms with Crippen molar-refractivity contribution in [3.8, 4) is 11.5 Å². The van der Waals surface area contributed by atoms with Gasteiger partial charge in [-0.3, -0.25) is 0 Å². The van der Waals surface area contributed by atoms with Gasteiger partial charge in [0.25, 0.3) is 0 Å². The Labute approximate surface area is 220 Å². The van der Waals surface area contributed by atoms with E-state index in [4.69, 9.17) is 4.74 Å². The second-order valence-corrected chi connectivity index (χ2v) is 10.9. The van der Waals surface area contributed by atoms with Crippen LogP contribution in [-0.4, -0.2) is 39.8 Å². The van der Waals surface area contributed by atoms with Crippen molar-refractivity contribution >= 4 is 17.0 Å². The molecule has 1 aliphatic rings. The monoisotopic (exact) mass is 558 g/mol. The number of rotatable bonds is 7. The zero-order valence-electron chi connectivity index (χ0n) is 21.5. The summed E-state index contributed by atoms with van der Waals surface area (Å²) in [5.74, 6) is -1.41. The van der Waals surface area contributed by atoms with Crippen LogP contribution < -0.4 is 9.47 Å². The number of carboxylic acids is 1. The minimum Gasteiger partial charge on any atom is -0.483 e. The first-order chi connectivity index (χ1) is 18.0. The molecule has 0 saturated heterocycles. The third-order valence-electron chi connectivity index (χ3n) is 6.73. The number of fused-ring (bicyclic) bond motifs is 1. The fraction of sp³-hybridized carbons (Fsp3) is 0.481. The van der Waals surface area contributed by atoms with Crippen molar-refractivity contribution in [2.24, 2.45) is 11.3 Å². The van der Waals surface area contributed by atoms with Gasteiger partial charge in [0.1, 0.15) is 22.9 Å². The topological polar surface area (TPSA) is 73.6 Å². The number of carboxylic acid groups (broad SMARTS) is 1. The van der Waals surface area contributed by atoms with E-state index in [0.717, 1.165) is 19.3 Å². The summed E-state index contributed by atoms with van der Waals surface area (Å²) in [6.07, 6.45) is -6.81. The highest BCUT2D eigenvalue weighted by Crippen LogP contribution is 2.46. The summed E-state index contributed by atoms with van der Waals surface area (Å²) in [4.78, 5) is 16.5. The van der Waals surface area contributed by atoms with Gasteiger partial charge in [-0.2, -0.15) is 13.2 Å². The first kappa shape index (κ1) is 28.6. The second-order valence-electron chi connectivity index (χ2n) is 10.9. The summed E-state index contributed by atoms with van der Waals surface area (Å²) in [6, 6.07) is 7.70. The minimum atomic E-state index is -4.83. The molecule has 1 aromatic heterocycles. The number of carbonyl (C=O) groups is 1. The number of imidazole rings is 1. The first-order valence-corrected chi connectivity index (χ1v) is 12.3. The average molecular weight is 559 g/mol. The molecule has 6 nitrogen and oxygen atoms in total. The third kappa shape index (κ3) is 7.15. The molecule has 212 valence electrons. The summed E-state index contributed by atoms with van der Waals surface area (Å²) in [7, 11) is 0. The van der Waals surface area contributed by atoms with Crippen molar-refractivity contribution in [3.63, 3.8) is 0 Å². The summed E-state index contributed by atoms with van der Waals surface area (Å²) in [5.41, 5.74) is 0.836. The molecule has 1 heterocycles. The molecule has 1 fully saturated rings. The largest absolute Gasteiger partial charge is 0.573 e. The summed E-state index contributed by atoms with van der Waals surface area (Å²) < 4.78 is 87.1. The van der Waals surface area contributed by atoms with Crippen LogP contribution >= 0.6 is 0 Å². The summed E-state index contributed by atoms with van der Waals surface area (Å²) in [5, 5.41) is 9.64. The second kappa shape index (κ2) is 10.3. The molecule has 1 saturated carbocycles. The number of aromatic nitrogens is 2. The molecule has 3 aromatic rings.